The van der Waals surface area contributed by atoms with Crippen LogP contribution in [-0.2, 0) is 6.54 Å². The second-order valence-electron chi connectivity index (χ2n) is 5.48. The smallest absolute Gasteiger partial charge is 0.261 e. The van der Waals surface area contributed by atoms with Crippen LogP contribution in [0.1, 0.15) is 44.8 Å². The highest BCUT2D eigenvalue weighted by Gasteiger charge is 2.36. The minimum absolute atomic E-state index is 0.0377. The lowest BCUT2D eigenvalue weighted by molar-refractivity contribution is 0.0637. The number of hydrogen-bond acceptors (Lipinski definition) is 6. The summed E-state index contributed by atoms with van der Waals surface area (Å²) in [5.41, 5.74) is 0.854. The van der Waals surface area contributed by atoms with Crippen molar-refractivity contribution in [2.24, 2.45) is 0 Å². The number of hydrogen-bond donors (Lipinski definition) is 1. The Hall–Kier alpha value is -2.54. The van der Waals surface area contributed by atoms with Gasteiger partial charge in [-0.2, -0.15) is 4.98 Å². The molecule has 7 heteroatoms. The zero-order chi connectivity index (χ0) is 15.1. The van der Waals surface area contributed by atoms with E-state index < -0.39 is 0 Å². The molecule has 1 aromatic carbocycles. The Morgan fingerprint density at radius 2 is 1.95 bits per heavy atom. The van der Waals surface area contributed by atoms with Crippen molar-refractivity contribution in [1.29, 1.82) is 0 Å². The number of nitrogens with one attached hydrogen (secondary N) is 1. The topological polar surface area (TPSA) is 88.3 Å². The van der Waals surface area contributed by atoms with E-state index in [0.29, 0.717) is 22.8 Å². The summed E-state index contributed by atoms with van der Waals surface area (Å²) in [5, 5.41) is 7.13. The Kier molecular flexibility index (Phi) is 3.00. The van der Waals surface area contributed by atoms with Gasteiger partial charge in [-0.25, -0.2) is 0 Å². The number of fused-ring (bicyclic) bond motifs is 1. The number of benzene rings is 1. The number of rotatable bonds is 3. The van der Waals surface area contributed by atoms with E-state index in [0.717, 1.165) is 24.4 Å². The van der Waals surface area contributed by atoms with E-state index in [4.69, 9.17) is 4.52 Å². The number of carbonyl (C=O) groups is 2. The minimum atomic E-state index is -0.311. The van der Waals surface area contributed by atoms with Gasteiger partial charge >= 0.3 is 0 Å². The summed E-state index contributed by atoms with van der Waals surface area (Å²) < 4.78 is 5.26. The molecular weight excluding hydrogens is 284 g/mol. The molecule has 7 nitrogen and oxygen atoms in total. The van der Waals surface area contributed by atoms with Gasteiger partial charge in [-0.3, -0.25) is 14.5 Å². The van der Waals surface area contributed by atoms with Crippen molar-refractivity contribution in [2.45, 2.75) is 18.9 Å². The largest absolute Gasteiger partial charge is 0.339 e. The number of nitrogens with zero attached hydrogens (tertiary/aromatic N) is 3. The Morgan fingerprint density at radius 1 is 1.23 bits per heavy atom. The fourth-order valence-electron chi connectivity index (χ4n) is 2.89. The molecule has 0 aliphatic carbocycles. The van der Waals surface area contributed by atoms with E-state index in [1.807, 2.05) is 0 Å². The van der Waals surface area contributed by atoms with E-state index in [9.17, 15) is 9.59 Å². The van der Waals surface area contributed by atoms with Crippen LogP contribution in [0.2, 0.25) is 0 Å². The Bertz CT molecular complexity index is 714. The molecular formula is C15H14N4O3. The van der Waals surface area contributed by atoms with Crippen LogP contribution in [0.4, 0.5) is 0 Å². The van der Waals surface area contributed by atoms with Gasteiger partial charge in [-0.15, -0.1) is 0 Å². The van der Waals surface area contributed by atoms with Crippen molar-refractivity contribution in [1.82, 2.24) is 20.4 Å². The van der Waals surface area contributed by atoms with Crippen molar-refractivity contribution in [2.75, 3.05) is 13.1 Å². The van der Waals surface area contributed by atoms with Crippen molar-refractivity contribution in [3.05, 3.63) is 47.1 Å². The molecule has 1 atom stereocenters. The molecule has 1 saturated heterocycles. The normalized spacial score (nSPS) is 20.7. The number of aromatic nitrogens is 2. The van der Waals surface area contributed by atoms with Crippen molar-refractivity contribution in [3.63, 3.8) is 0 Å². The van der Waals surface area contributed by atoms with Crippen LogP contribution in [0.15, 0.2) is 28.8 Å². The molecule has 0 bridgehead atoms. The first-order chi connectivity index (χ1) is 10.7. The fraction of sp³-hybridized carbons (Fsp3) is 0.333. The molecule has 3 heterocycles. The maximum absolute atomic E-state index is 12.3. The van der Waals surface area contributed by atoms with Crippen LogP contribution >= 0.6 is 0 Å². The molecule has 2 aliphatic heterocycles. The van der Waals surface area contributed by atoms with Crippen LogP contribution in [0.3, 0.4) is 0 Å². The molecule has 1 unspecified atom stereocenters. The van der Waals surface area contributed by atoms with Crippen LogP contribution in [0.5, 0.6) is 0 Å². The van der Waals surface area contributed by atoms with Crippen molar-refractivity contribution >= 4 is 11.8 Å². The summed E-state index contributed by atoms with van der Waals surface area (Å²) >= 11 is 0. The van der Waals surface area contributed by atoms with Gasteiger partial charge in [0.25, 0.3) is 11.8 Å². The monoisotopic (exact) mass is 298 g/mol. The summed E-state index contributed by atoms with van der Waals surface area (Å²) in [4.78, 5) is 30.0. The van der Waals surface area contributed by atoms with Gasteiger partial charge in [0.1, 0.15) is 0 Å². The quantitative estimate of drug-likeness (QED) is 0.849. The molecule has 1 fully saturated rings. The molecule has 1 aromatic heterocycles. The third-order valence-electron chi connectivity index (χ3n) is 4.07. The highest BCUT2D eigenvalue weighted by atomic mass is 16.5. The molecule has 112 valence electrons. The molecule has 2 aromatic rings. The Morgan fingerprint density at radius 3 is 2.59 bits per heavy atom. The van der Waals surface area contributed by atoms with Gasteiger partial charge in [0.2, 0.25) is 5.89 Å². The summed E-state index contributed by atoms with van der Waals surface area (Å²) in [6.45, 7) is 1.78. The summed E-state index contributed by atoms with van der Waals surface area (Å²) in [6.07, 6.45) is 0.953. The maximum atomic E-state index is 12.3. The lowest BCUT2D eigenvalue weighted by Gasteiger charge is -2.10. The maximum Gasteiger partial charge on any atom is 0.261 e. The molecule has 0 spiro atoms. The summed E-state index contributed by atoms with van der Waals surface area (Å²) in [6, 6.07) is 6.79. The highest BCUT2D eigenvalue weighted by molar-refractivity contribution is 6.21. The van der Waals surface area contributed by atoms with Gasteiger partial charge in [-0.05, 0) is 25.1 Å². The van der Waals surface area contributed by atoms with Crippen molar-refractivity contribution in [3.8, 4) is 0 Å². The predicted octanol–water partition coefficient (Wildman–Crippen LogP) is 0.943. The van der Waals surface area contributed by atoms with Gasteiger partial charge in [0.05, 0.1) is 23.6 Å². The van der Waals surface area contributed by atoms with Crippen LogP contribution in [-0.4, -0.2) is 39.9 Å². The first-order valence-electron chi connectivity index (χ1n) is 7.22. The number of imide groups is 1. The fourth-order valence-corrected chi connectivity index (χ4v) is 2.89. The third-order valence-corrected chi connectivity index (χ3v) is 4.07. The van der Waals surface area contributed by atoms with Gasteiger partial charge < -0.3 is 9.84 Å². The summed E-state index contributed by atoms with van der Waals surface area (Å²) in [7, 11) is 0. The van der Waals surface area contributed by atoms with Crippen LogP contribution in [0, 0.1) is 0 Å². The first-order valence-corrected chi connectivity index (χ1v) is 7.22. The highest BCUT2D eigenvalue weighted by Crippen LogP contribution is 2.25. The molecule has 0 saturated carbocycles. The molecule has 22 heavy (non-hydrogen) atoms. The van der Waals surface area contributed by atoms with Gasteiger partial charge in [0.15, 0.2) is 5.82 Å². The van der Waals surface area contributed by atoms with Gasteiger partial charge in [0, 0.05) is 6.54 Å². The molecule has 1 N–H and O–H groups in total. The Labute approximate surface area is 126 Å². The zero-order valence-electron chi connectivity index (χ0n) is 11.8. The average molecular weight is 298 g/mol. The van der Waals surface area contributed by atoms with E-state index in [2.05, 4.69) is 15.5 Å². The molecule has 2 aliphatic rings. The summed E-state index contributed by atoms with van der Waals surface area (Å²) in [5.74, 6) is 0.514. The molecule has 2 amide bonds. The SMILES string of the molecule is O=C1c2ccccc2C(=O)N1Cc1noc(C2CCNC2)n1. The van der Waals surface area contributed by atoms with Crippen LogP contribution in [0.25, 0.3) is 0 Å². The molecule has 0 radical (unpaired) electrons. The van der Waals surface area contributed by atoms with Crippen molar-refractivity contribution < 1.29 is 14.1 Å². The Balaban J connectivity index is 1.55. The standard InChI is InChI=1S/C15H14N4O3/c20-14-10-3-1-2-4-11(10)15(21)19(14)8-12-17-13(22-18-12)9-5-6-16-7-9/h1-4,9,16H,5-8H2. The predicted molar refractivity (Wildman–Crippen MR) is 75.2 cm³/mol. The van der Waals surface area contributed by atoms with E-state index >= 15 is 0 Å². The lowest BCUT2D eigenvalue weighted by Crippen LogP contribution is -2.29. The van der Waals surface area contributed by atoms with E-state index in [-0.39, 0.29) is 24.3 Å². The number of carbonyl (C=O) groups excluding carboxylic acids is 2. The number of amides is 2. The molecule has 4 rings (SSSR count). The minimum Gasteiger partial charge on any atom is -0.339 e. The van der Waals surface area contributed by atoms with Gasteiger partial charge in [-0.1, -0.05) is 17.3 Å². The zero-order valence-corrected chi connectivity index (χ0v) is 11.8. The third kappa shape index (κ3) is 2.01. The van der Waals surface area contributed by atoms with E-state index in [1.54, 1.807) is 24.3 Å². The second-order valence-corrected chi connectivity index (χ2v) is 5.48. The van der Waals surface area contributed by atoms with E-state index in [1.165, 1.54) is 0 Å². The lowest BCUT2D eigenvalue weighted by atomic mass is 10.1. The second kappa shape index (κ2) is 5.03. The first kappa shape index (κ1) is 13.1. The average Bonchev–Trinajstić information content (AvgIpc) is 3.25. The van der Waals surface area contributed by atoms with Crippen LogP contribution < -0.4 is 5.32 Å².